The molecule has 0 saturated carbocycles. The number of alkyl halides is 3. The third-order valence-electron chi connectivity index (χ3n) is 2.78. The molecule has 2 rings (SSSR count). The number of carbonyl (C=O) groups excluding carboxylic acids is 1. The summed E-state index contributed by atoms with van der Waals surface area (Å²) in [7, 11) is 0. The van der Waals surface area contributed by atoms with Crippen LogP contribution in [0.15, 0.2) is 12.1 Å². The summed E-state index contributed by atoms with van der Waals surface area (Å²) in [6.45, 7) is 0.152. The molecule has 19 heavy (non-hydrogen) atoms. The smallest absolute Gasteiger partial charge is 0.417 e. The van der Waals surface area contributed by atoms with Gasteiger partial charge in [0.15, 0.2) is 0 Å². The third kappa shape index (κ3) is 2.70. The van der Waals surface area contributed by atoms with Gasteiger partial charge in [0.25, 0.3) is 0 Å². The van der Waals surface area contributed by atoms with Gasteiger partial charge < -0.3 is 15.8 Å². The zero-order valence-corrected chi connectivity index (χ0v) is 10.3. The van der Waals surface area contributed by atoms with Gasteiger partial charge in [-0.15, -0.1) is 0 Å². The van der Waals surface area contributed by atoms with Gasteiger partial charge in [-0.1, -0.05) is 17.7 Å². The molecule has 1 heterocycles. The van der Waals surface area contributed by atoms with Gasteiger partial charge in [0.2, 0.25) is 0 Å². The molecule has 0 bridgehead atoms. The molecule has 2 amide bonds. The van der Waals surface area contributed by atoms with Crippen molar-refractivity contribution in [2.45, 2.75) is 18.6 Å². The van der Waals surface area contributed by atoms with Crippen molar-refractivity contribution >= 4 is 17.6 Å². The predicted octanol–water partition coefficient (Wildman–Crippen LogP) is 2.85. The fraction of sp³-hybridized carbons (Fsp3) is 0.364. The van der Waals surface area contributed by atoms with E-state index in [-0.39, 0.29) is 12.4 Å². The summed E-state index contributed by atoms with van der Waals surface area (Å²) in [4.78, 5) is 10.8. The Balaban J connectivity index is 2.45. The molecule has 8 heteroatoms. The van der Waals surface area contributed by atoms with Gasteiger partial charge in [-0.05, 0) is 6.07 Å². The van der Waals surface area contributed by atoms with Gasteiger partial charge in [-0.3, -0.25) is 0 Å². The normalized spacial score (nSPS) is 18.4. The van der Waals surface area contributed by atoms with Crippen LogP contribution in [0, 0.1) is 0 Å². The van der Waals surface area contributed by atoms with Gasteiger partial charge in [-0.2, -0.15) is 13.2 Å². The van der Waals surface area contributed by atoms with Gasteiger partial charge in [0.05, 0.1) is 23.2 Å². The summed E-state index contributed by atoms with van der Waals surface area (Å²) in [6.07, 6.45) is -4.14. The number of ether oxygens (including phenoxy) is 1. The lowest BCUT2D eigenvalue weighted by atomic mass is 9.98. The number of benzene rings is 1. The number of rotatable bonds is 1. The van der Waals surface area contributed by atoms with Crippen LogP contribution in [0.2, 0.25) is 5.02 Å². The lowest BCUT2D eigenvalue weighted by Gasteiger charge is -2.27. The monoisotopic (exact) mass is 294 g/mol. The molecule has 1 unspecified atom stereocenters. The number of fused-ring (bicyclic) bond motifs is 1. The Morgan fingerprint density at radius 2 is 2.16 bits per heavy atom. The number of nitrogens with one attached hydrogen (secondary N) is 1. The number of urea groups is 1. The number of nitrogens with two attached hydrogens (primary N) is 1. The van der Waals surface area contributed by atoms with E-state index in [1.807, 2.05) is 0 Å². The van der Waals surface area contributed by atoms with Crippen molar-refractivity contribution in [2.75, 3.05) is 6.61 Å². The topological polar surface area (TPSA) is 64.4 Å². The van der Waals surface area contributed by atoms with E-state index in [0.29, 0.717) is 12.0 Å². The van der Waals surface area contributed by atoms with E-state index >= 15 is 0 Å². The standard InChI is InChI=1S/C11H10ClF3N2O2/c12-8-6(11(13,14)15)2-1-5-7(17-10(16)18)3-4-19-9(5)8/h1-2,7H,3-4H2,(H3,16,17,18). The highest BCUT2D eigenvalue weighted by molar-refractivity contribution is 6.33. The first-order valence-electron chi connectivity index (χ1n) is 5.39. The van der Waals surface area contributed by atoms with Crippen molar-refractivity contribution < 1.29 is 22.7 Å². The Morgan fingerprint density at radius 3 is 2.74 bits per heavy atom. The Labute approximate surface area is 111 Å². The van der Waals surface area contributed by atoms with Crippen LogP contribution in [0.1, 0.15) is 23.6 Å². The van der Waals surface area contributed by atoms with Crippen LogP contribution in [-0.4, -0.2) is 12.6 Å². The van der Waals surface area contributed by atoms with Crippen LogP contribution >= 0.6 is 11.6 Å². The summed E-state index contributed by atoms with van der Waals surface area (Å²) in [5.74, 6) is -0.0542. The molecule has 0 saturated heterocycles. The number of amides is 2. The fourth-order valence-electron chi connectivity index (χ4n) is 1.97. The second-order valence-corrected chi connectivity index (χ2v) is 4.42. The molecule has 1 atom stereocenters. The summed E-state index contributed by atoms with van der Waals surface area (Å²) >= 11 is 5.72. The summed E-state index contributed by atoms with van der Waals surface area (Å²) in [5, 5.41) is 1.94. The lowest BCUT2D eigenvalue weighted by Crippen LogP contribution is -2.36. The molecular formula is C11H10ClF3N2O2. The number of primary amides is 1. The lowest BCUT2D eigenvalue weighted by molar-refractivity contribution is -0.137. The molecule has 0 aliphatic carbocycles. The van der Waals surface area contributed by atoms with Crippen LogP contribution in [0.3, 0.4) is 0 Å². The highest BCUT2D eigenvalue weighted by Crippen LogP contribution is 2.44. The Kier molecular flexibility index (Phi) is 3.49. The van der Waals surface area contributed by atoms with Crippen molar-refractivity contribution in [1.29, 1.82) is 0 Å². The maximum Gasteiger partial charge on any atom is 0.417 e. The Bertz CT molecular complexity index is 519. The van der Waals surface area contributed by atoms with Crippen molar-refractivity contribution in [1.82, 2.24) is 5.32 Å². The second kappa shape index (κ2) is 4.80. The molecule has 1 aliphatic heterocycles. The van der Waals surface area contributed by atoms with E-state index in [2.05, 4.69) is 5.32 Å². The highest BCUT2D eigenvalue weighted by atomic mass is 35.5. The SMILES string of the molecule is NC(=O)NC1CCOc2c1ccc(C(F)(F)F)c2Cl. The molecule has 104 valence electrons. The zero-order valence-electron chi connectivity index (χ0n) is 9.55. The average molecular weight is 295 g/mol. The van der Waals surface area contributed by atoms with Crippen molar-refractivity contribution in [3.05, 3.63) is 28.3 Å². The van der Waals surface area contributed by atoms with Gasteiger partial charge >= 0.3 is 12.2 Å². The van der Waals surface area contributed by atoms with E-state index < -0.39 is 28.8 Å². The van der Waals surface area contributed by atoms with E-state index in [1.54, 1.807) is 0 Å². The molecule has 0 aromatic heterocycles. The minimum Gasteiger partial charge on any atom is -0.492 e. The molecule has 3 N–H and O–H groups in total. The van der Waals surface area contributed by atoms with E-state index in [4.69, 9.17) is 22.1 Å². The largest absolute Gasteiger partial charge is 0.492 e. The third-order valence-corrected chi connectivity index (χ3v) is 3.15. The van der Waals surface area contributed by atoms with Crippen molar-refractivity contribution in [3.8, 4) is 5.75 Å². The Hall–Kier alpha value is -1.63. The summed E-state index contributed by atoms with van der Waals surface area (Å²) in [6, 6.07) is 0.852. The second-order valence-electron chi connectivity index (χ2n) is 4.04. The Morgan fingerprint density at radius 1 is 1.47 bits per heavy atom. The molecule has 1 aromatic rings. The zero-order chi connectivity index (χ0) is 14.2. The van der Waals surface area contributed by atoms with Crippen molar-refractivity contribution in [3.63, 3.8) is 0 Å². The summed E-state index contributed by atoms with van der Waals surface area (Å²) < 4.78 is 43.3. The van der Waals surface area contributed by atoms with Crippen molar-refractivity contribution in [2.24, 2.45) is 5.73 Å². The van der Waals surface area contributed by atoms with Gasteiger partial charge in [0, 0.05) is 12.0 Å². The highest BCUT2D eigenvalue weighted by Gasteiger charge is 2.36. The summed E-state index contributed by atoms with van der Waals surface area (Å²) in [5.41, 5.74) is 4.44. The molecule has 1 aliphatic rings. The molecule has 1 aromatic carbocycles. The minimum atomic E-state index is -4.56. The number of hydrogen-bond donors (Lipinski definition) is 2. The minimum absolute atomic E-state index is 0.0542. The number of hydrogen-bond acceptors (Lipinski definition) is 2. The average Bonchev–Trinajstić information content (AvgIpc) is 2.28. The van der Waals surface area contributed by atoms with Crippen LogP contribution in [-0.2, 0) is 6.18 Å². The maximum absolute atomic E-state index is 12.7. The quantitative estimate of drug-likeness (QED) is 0.836. The molecule has 0 spiro atoms. The molecule has 4 nitrogen and oxygen atoms in total. The first-order chi connectivity index (χ1) is 8.80. The van der Waals surface area contributed by atoms with Gasteiger partial charge in [0.1, 0.15) is 5.75 Å². The molecule has 0 fully saturated rings. The van der Waals surface area contributed by atoms with E-state index in [9.17, 15) is 18.0 Å². The maximum atomic E-state index is 12.7. The molecular weight excluding hydrogens is 285 g/mol. The number of halogens is 4. The van der Waals surface area contributed by atoms with E-state index in [1.165, 1.54) is 6.07 Å². The van der Waals surface area contributed by atoms with Crippen LogP contribution < -0.4 is 15.8 Å². The first-order valence-corrected chi connectivity index (χ1v) is 5.77. The number of carbonyl (C=O) groups is 1. The van der Waals surface area contributed by atoms with Gasteiger partial charge in [-0.25, -0.2) is 4.79 Å². The first kappa shape index (κ1) is 13.8. The van der Waals surface area contributed by atoms with Crippen LogP contribution in [0.25, 0.3) is 0 Å². The van der Waals surface area contributed by atoms with E-state index in [0.717, 1.165) is 6.07 Å². The molecule has 0 radical (unpaired) electrons. The van der Waals surface area contributed by atoms with Crippen LogP contribution in [0.5, 0.6) is 5.75 Å². The predicted molar refractivity (Wildman–Crippen MR) is 62.0 cm³/mol. The van der Waals surface area contributed by atoms with Crippen LogP contribution in [0.4, 0.5) is 18.0 Å². The fourth-order valence-corrected chi connectivity index (χ4v) is 2.30.